The van der Waals surface area contributed by atoms with Crippen molar-refractivity contribution in [3.8, 4) is 0 Å². The lowest BCUT2D eigenvalue weighted by atomic mass is 10.1. The van der Waals surface area contributed by atoms with Crippen LogP contribution in [0, 0.1) is 6.92 Å². The topological polar surface area (TPSA) is 38.1 Å². The van der Waals surface area contributed by atoms with Gasteiger partial charge in [0.15, 0.2) is 5.78 Å². The van der Waals surface area contributed by atoms with Gasteiger partial charge in [0, 0.05) is 32.1 Å². The van der Waals surface area contributed by atoms with Crippen LogP contribution in [0.15, 0.2) is 6.07 Å². The van der Waals surface area contributed by atoms with Gasteiger partial charge in [-0.05, 0) is 20.0 Å². The number of hydrogen-bond acceptors (Lipinski definition) is 3. The Morgan fingerprint density at radius 1 is 1.53 bits per heavy atom. The summed E-state index contributed by atoms with van der Waals surface area (Å²) in [7, 11) is 3.94. The number of hydrogen-bond donors (Lipinski definition) is 0. The highest BCUT2D eigenvalue weighted by molar-refractivity contribution is 5.86. The molecule has 0 aliphatic carbocycles. The Balaban J connectivity index is 2.14. The van der Waals surface area contributed by atoms with Gasteiger partial charge in [0.25, 0.3) is 0 Å². The fraction of sp³-hybridized carbons (Fsp3) is 0.636. The number of nitrogens with zero attached hydrogens (tertiary/aromatic N) is 3. The minimum absolute atomic E-state index is 0.0554. The Hall–Kier alpha value is -1.16. The fourth-order valence-electron chi connectivity index (χ4n) is 2.18. The molecule has 0 bridgehead atoms. The molecule has 4 nitrogen and oxygen atoms in total. The minimum atomic E-state index is 0.0554. The number of carbonyl (C=O) groups is 1. The molecule has 0 spiro atoms. The lowest BCUT2D eigenvalue weighted by Gasteiger charge is -2.17. The van der Waals surface area contributed by atoms with Crippen molar-refractivity contribution in [1.29, 1.82) is 0 Å². The van der Waals surface area contributed by atoms with E-state index in [-0.39, 0.29) is 6.04 Å². The maximum Gasteiger partial charge on any atom is 0.151 e. The molecule has 4 heteroatoms. The molecule has 0 aromatic carbocycles. The first-order valence-electron chi connectivity index (χ1n) is 5.30. The normalized spacial score (nSPS) is 22.6. The van der Waals surface area contributed by atoms with Gasteiger partial charge in [-0.15, -0.1) is 0 Å². The van der Waals surface area contributed by atoms with Gasteiger partial charge in [0.05, 0.1) is 11.7 Å². The third-order valence-electron chi connectivity index (χ3n) is 3.12. The van der Waals surface area contributed by atoms with Crippen LogP contribution in [0.4, 0.5) is 0 Å². The van der Waals surface area contributed by atoms with E-state index in [0.29, 0.717) is 12.2 Å². The number of aryl methyl sites for hydroxylation is 2. The predicted molar refractivity (Wildman–Crippen MR) is 57.7 cm³/mol. The molecule has 1 aromatic heterocycles. The predicted octanol–water partition coefficient (Wildman–Crippen LogP) is 0.544. The van der Waals surface area contributed by atoms with Gasteiger partial charge in [-0.1, -0.05) is 0 Å². The number of aromatic nitrogens is 2. The Morgan fingerprint density at radius 3 is 2.73 bits per heavy atom. The van der Waals surface area contributed by atoms with E-state index >= 15 is 0 Å². The highest BCUT2D eigenvalue weighted by Crippen LogP contribution is 2.16. The third-order valence-corrected chi connectivity index (χ3v) is 3.12. The summed E-state index contributed by atoms with van der Waals surface area (Å²) in [5.74, 6) is 0.358. The van der Waals surface area contributed by atoms with E-state index in [9.17, 15) is 4.79 Å². The van der Waals surface area contributed by atoms with E-state index in [4.69, 9.17) is 0 Å². The molecule has 2 heterocycles. The van der Waals surface area contributed by atoms with Gasteiger partial charge in [0.1, 0.15) is 0 Å². The molecule has 15 heavy (non-hydrogen) atoms. The van der Waals surface area contributed by atoms with Crippen molar-refractivity contribution in [2.45, 2.75) is 25.8 Å². The van der Waals surface area contributed by atoms with Crippen molar-refractivity contribution in [2.75, 3.05) is 13.6 Å². The average molecular weight is 207 g/mol. The summed E-state index contributed by atoms with van der Waals surface area (Å²) in [5.41, 5.74) is 2.15. The number of Topliss-reactive ketones (excluding diaryl/α,β-unsaturated/α-hetero) is 1. The van der Waals surface area contributed by atoms with Crippen molar-refractivity contribution in [2.24, 2.45) is 7.05 Å². The average Bonchev–Trinajstić information content (AvgIpc) is 2.63. The standard InChI is InChI=1S/C11H17N3O/c1-8-6-9(14(3)12-8)7-10-11(15)4-5-13(10)2/h6,10H,4-5,7H2,1-3H3. The SMILES string of the molecule is Cc1cc(CC2C(=O)CCN2C)n(C)n1. The fourth-order valence-corrected chi connectivity index (χ4v) is 2.18. The maximum atomic E-state index is 11.6. The van der Waals surface area contributed by atoms with Crippen LogP contribution in [0.2, 0.25) is 0 Å². The summed E-state index contributed by atoms with van der Waals surface area (Å²) >= 11 is 0. The van der Waals surface area contributed by atoms with Crippen molar-refractivity contribution < 1.29 is 4.79 Å². The number of ketones is 1. The van der Waals surface area contributed by atoms with Gasteiger partial charge in [-0.2, -0.15) is 5.10 Å². The van der Waals surface area contributed by atoms with Crippen molar-refractivity contribution >= 4 is 5.78 Å². The van der Waals surface area contributed by atoms with Crippen LogP contribution in [0.1, 0.15) is 17.8 Å². The summed E-state index contributed by atoms with van der Waals surface area (Å²) in [6, 6.07) is 2.11. The van der Waals surface area contributed by atoms with Crippen LogP contribution in [0.25, 0.3) is 0 Å². The van der Waals surface area contributed by atoms with Crippen LogP contribution in [-0.2, 0) is 18.3 Å². The lowest BCUT2D eigenvalue weighted by molar-refractivity contribution is -0.119. The molecule has 2 rings (SSSR count). The largest absolute Gasteiger partial charge is 0.298 e. The highest BCUT2D eigenvalue weighted by Gasteiger charge is 2.30. The van der Waals surface area contributed by atoms with Crippen LogP contribution >= 0.6 is 0 Å². The quantitative estimate of drug-likeness (QED) is 0.710. The molecule has 1 fully saturated rings. The molecule has 1 atom stereocenters. The Morgan fingerprint density at radius 2 is 2.27 bits per heavy atom. The molecule has 1 unspecified atom stereocenters. The Labute approximate surface area is 89.9 Å². The van der Waals surface area contributed by atoms with Gasteiger partial charge in [0.2, 0.25) is 0 Å². The first kappa shape index (κ1) is 10.4. The zero-order chi connectivity index (χ0) is 11.0. The van der Waals surface area contributed by atoms with E-state index < -0.39 is 0 Å². The second-order valence-electron chi connectivity index (χ2n) is 4.32. The summed E-state index contributed by atoms with van der Waals surface area (Å²) in [5, 5.41) is 4.29. The first-order valence-corrected chi connectivity index (χ1v) is 5.30. The highest BCUT2D eigenvalue weighted by atomic mass is 16.1. The smallest absolute Gasteiger partial charge is 0.151 e. The molecule has 1 saturated heterocycles. The molecular formula is C11H17N3O. The van der Waals surface area contributed by atoms with Crippen molar-refractivity contribution in [1.82, 2.24) is 14.7 Å². The number of rotatable bonds is 2. The number of likely N-dealkylation sites (tertiary alicyclic amines) is 1. The van der Waals surface area contributed by atoms with E-state index in [1.807, 2.05) is 25.7 Å². The zero-order valence-corrected chi connectivity index (χ0v) is 9.53. The first-order chi connectivity index (χ1) is 7.08. The van der Waals surface area contributed by atoms with E-state index in [1.54, 1.807) is 0 Å². The van der Waals surface area contributed by atoms with Gasteiger partial charge < -0.3 is 0 Å². The summed E-state index contributed by atoms with van der Waals surface area (Å²) in [4.78, 5) is 13.8. The van der Waals surface area contributed by atoms with E-state index in [2.05, 4.69) is 16.1 Å². The van der Waals surface area contributed by atoms with Crippen LogP contribution in [0.5, 0.6) is 0 Å². The van der Waals surface area contributed by atoms with Gasteiger partial charge >= 0.3 is 0 Å². The number of carbonyl (C=O) groups excluding carboxylic acids is 1. The lowest BCUT2D eigenvalue weighted by Crippen LogP contribution is -2.32. The van der Waals surface area contributed by atoms with Crippen molar-refractivity contribution in [3.63, 3.8) is 0 Å². The molecule has 0 radical (unpaired) electrons. The van der Waals surface area contributed by atoms with E-state index in [1.165, 1.54) is 0 Å². The van der Waals surface area contributed by atoms with E-state index in [0.717, 1.165) is 24.4 Å². The maximum absolute atomic E-state index is 11.6. The summed E-state index contributed by atoms with van der Waals surface area (Å²) < 4.78 is 1.87. The zero-order valence-electron chi connectivity index (χ0n) is 9.53. The molecule has 0 saturated carbocycles. The number of likely N-dealkylation sites (N-methyl/N-ethyl adjacent to an activating group) is 1. The second kappa shape index (κ2) is 3.77. The van der Waals surface area contributed by atoms with Gasteiger partial charge in [-0.25, -0.2) is 0 Å². The molecule has 0 amide bonds. The molecule has 0 N–H and O–H groups in total. The minimum Gasteiger partial charge on any atom is -0.298 e. The molecule has 1 aliphatic heterocycles. The van der Waals surface area contributed by atoms with Gasteiger partial charge in [-0.3, -0.25) is 14.4 Å². The van der Waals surface area contributed by atoms with Crippen LogP contribution in [-0.4, -0.2) is 40.1 Å². The monoisotopic (exact) mass is 207 g/mol. The Kier molecular flexibility index (Phi) is 2.61. The van der Waals surface area contributed by atoms with Crippen LogP contribution < -0.4 is 0 Å². The van der Waals surface area contributed by atoms with Crippen LogP contribution in [0.3, 0.4) is 0 Å². The molecule has 1 aromatic rings. The molecule has 1 aliphatic rings. The summed E-state index contributed by atoms with van der Waals surface area (Å²) in [6.07, 6.45) is 1.48. The molecule has 82 valence electrons. The summed E-state index contributed by atoms with van der Waals surface area (Å²) in [6.45, 7) is 2.87. The van der Waals surface area contributed by atoms with Crippen molar-refractivity contribution in [3.05, 3.63) is 17.5 Å². The Bertz CT molecular complexity index is 383. The third kappa shape index (κ3) is 1.95. The molecular weight excluding hydrogens is 190 g/mol. The second-order valence-corrected chi connectivity index (χ2v) is 4.32.